The normalized spacial score (nSPS) is 9.83. The topological polar surface area (TPSA) is 125 Å². The van der Waals surface area contributed by atoms with Crippen LogP contribution < -0.4 is 11.2 Å². The number of nitrogens with two attached hydrogens (primary N) is 1. The van der Waals surface area contributed by atoms with Crippen molar-refractivity contribution in [1.29, 1.82) is 0 Å². The smallest absolute Gasteiger partial charge is 0.283 e. The fourth-order valence-electron chi connectivity index (χ4n) is 1.11. The molecule has 3 N–H and O–H groups in total. The molecule has 0 aliphatic carbocycles. The molecule has 1 aromatic carbocycles. The van der Waals surface area contributed by atoms with Gasteiger partial charge in [0.15, 0.2) is 6.61 Å². The summed E-state index contributed by atoms with van der Waals surface area (Å²) in [6.07, 6.45) is 0. The maximum absolute atomic E-state index is 11.6. The molecule has 0 saturated carbocycles. The second kappa shape index (κ2) is 5.94. The summed E-state index contributed by atoms with van der Waals surface area (Å²) in [7, 11) is 0. The van der Waals surface area contributed by atoms with Crippen LogP contribution in [0.1, 0.15) is 10.4 Å². The predicted molar refractivity (Wildman–Crippen MR) is 60.7 cm³/mol. The maximum Gasteiger partial charge on any atom is 0.283 e. The molecule has 1 rings (SSSR count). The molecule has 0 radical (unpaired) electrons. The van der Waals surface area contributed by atoms with Gasteiger partial charge in [0.25, 0.3) is 11.6 Å². The van der Waals surface area contributed by atoms with E-state index in [2.05, 4.69) is 4.84 Å². The zero-order valence-electron chi connectivity index (χ0n) is 8.88. The molecule has 0 unspecified atom stereocenters. The number of amides is 2. The van der Waals surface area contributed by atoms with Crippen molar-refractivity contribution in [3.63, 3.8) is 0 Å². The average molecular weight is 274 g/mol. The van der Waals surface area contributed by atoms with E-state index in [1.807, 2.05) is 5.48 Å². The number of hydroxylamine groups is 1. The molecular weight excluding hydrogens is 266 g/mol. The van der Waals surface area contributed by atoms with Crippen molar-refractivity contribution in [2.45, 2.75) is 0 Å². The number of rotatable bonds is 5. The Hall–Kier alpha value is -2.19. The van der Waals surface area contributed by atoms with Crippen LogP contribution in [0, 0.1) is 10.1 Å². The summed E-state index contributed by atoms with van der Waals surface area (Å²) in [4.78, 5) is 36.4. The molecule has 96 valence electrons. The van der Waals surface area contributed by atoms with E-state index in [1.54, 1.807) is 0 Å². The highest BCUT2D eigenvalue weighted by Crippen LogP contribution is 2.25. The number of nitro benzene ring substituents is 1. The van der Waals surface area contributed by atoms with Gasteiger partial charge in [-0.25, -0.2) is 5.48 Å². The van der Waals surface area contributed by atoms with E-state index in [9.17, 15) is 19.7 Å². The minimum atomic E-state index is -0.937. The molecule has 0 heterocycles. The summed E-state index contributed by atoms with van der Waals surface area (Å²) in [6.45, 7) is -0.552. The van der Waals surface area contributed by atoms with Crippen molar-refractivity contribution >= 4 is 29.1 Å². The SMILES string of the molecule is NC(=O)CONC(=O)c1c(Cl)cccc1[N+](=O)[O-]. The molecule has 0 bridgehead atoms. The minimum absolute atomic E-state index is 0.107. The van der Waals surface area contributed by atoms with Crippen molar-refractivity contribution in [2.75, 3.05) is 6.61 Å². The fourth-order valence-corrected chi connectivity index (χ4v) is 1.37. The number of primary amides is 1. The molecule has 0 atom stereocenters. The number of nitrogens with zero attached hydrogens (tertiary/aromatic N) is 1. The van der Waals surface area contributed by atoms with Crippen LogP contribution in [0.3, 0.4) is 0 Å². The first kappa shape index (κ1) is 13.9. The lowest BCUT2D eigenvalue weighted by molar-refractivity contribution is -0.385. The molecular formula is C9H8ClN3O5. The molecule has 0 aromatic heterocycles. The van der Waals surface area contributed by atoms with Gasteiger partial charge < -0.3 is 5.73 Å². The molecule has 8 nitrogen and oxygen atoms in total. The summed E-state index contributed by atoms with van der Waals surface area (Å²) < 4.78 is 0. The first-order valence-electron chi connectivity index (χ1n) is 4.57. The number of benzene rings is 1. The van der Waals surface area contributed by atoms with Gasteiger partial charge in [-0.05, 0) is 6.07 Å². The Balaban J connectivity index is 2.91. The molecule has 18 heavy (non-hydrogen) atoms. The van der Waals surface area contributed by atoms with E-state index >= 15 is 0 Å². The number of carbonyl (C=O) groups is 2. The average Bonchev–Trinajstić information content (AvgIpc) is 2.27. The fraction of sp³-hybridized carbons (Fsp3) is 0.111. The van der Waals surface area contributed by atoms with Gasteiger partial charge in [0.1, 0.15) is 5.56 Å². The Bertz CT molecular complexity index is 505. The van der Waals surface area contributed by atoms with Crippen LogP contribution in [-0.2, 0) is 9.63 Å². The van der Waals surface area contributed by atoms with Gasteiger partial charge in [0.05, 0.1) is 9.95 Å². The molecule has 0 aliphatic heterocycles. The minimum Gasteiger partial charge on any atom is -0.368 e. The number of hydrogen-bond donors (Lipinski definition) is 2. The Labute approximate surface area is 106 Å². The van der Waals surface area contributed by atoms with Crippen molar-refractivity contribution < 1.29 is 19.3 Å². The third-order valence-corrected chi connectivity index (χ3v) is 2.11. The van der Waals surface area contributed by atoms with Gasteiger partial charge in [-0.3, -0.25) is 24.5 Å². The van der Waals surface area contributed by atoms with Gasteiger partial charge >= 0.3 is 0 Å². The monoisotopic (exact) mass is 273 g/mol. The van der Waals surface area contributed by atoms with Gasteiger partial charge in [-0.1, -0.05) is 17.7 Å². The zero-order valence-corrected chi connectivity index (χ0v) is 9.64. The largest absolute Gasteiger partial charge is 0.368 e. The van der Waals surface area contributed by atoms with Gasteiger partial charge in [0.2, 0.25) is 5.91 Å². The van der Waals surface area contributed by atoms with Crippen LogP contribution in [0.25, 0.3) is 0 Å². The van der Waals surface area contributed by atoms with Crippen molar-refractivity contribution in [2.24, 2.45) is 5.73 Å². The maximum atomic E-state index is 11.6. The van der Waals surface area contributed by atoms with E-state index in [4.69, 9.17) is 17.3 Å². The number of carbonyl (C=O) groups excluding carboxylic acids is 2. The van der Waals surface area contributed by atoms with Gasteiger partial charge in [-0.2, -0.15) is 0 Å². The molecule has 0 aliphatic rings. The molecule has 1 aromatic rings. The van der Waals surface area contributed by atoms with Gasteiger partial charge in [0, 0.05) is 6.07 Å². The van der Waals surface area contributed by atoms with Crippen LogP contribution >= 0.6 is 11.6 Å². The van der Waals surface area contributed by atoms with Crippen LogP contribution in [0.2, 0.25) is 5.02 Å². The zero-order chi connectivity index (χ0) is 13.7. The Kier molecular flexibility index (Phi) is 4.58. The standard InChI is InChI=1S/C9H8ClN3O5/c10-5-2-1-3-6(13(16)17)8(5)9(15)12-18-4-7(11)14/h1-3H,4H2,(H2,11,14)(H,12,15). The van der Waals surface area contributed by atoms with Gasteiger partial charge in [-0.15, -0.1) is 0 Å². The summed E-state index contributed by atoms with van der Waals surface area (Å²) in [5.74, 6) is -1.74. The molecule has 0 spiro atoms. The lowest BCUT2D eigenvalue weighted by Crippen LogP contribution is -2.30. The number of nitro groups is 1. The molecule has 0 fully saturated rings. The first-order chi connectivity index (χ1) is 8.43. The quantitative estimate of drug-likeness (QED) is 0.593. The highest BCUT2D eigenvalue weighted by molar-refractivity contribution is 6.34. The number of nitrogens with one attached hydrogen (secondary N) is 1. The highest BCUT2D eigenvalue weighted by Gasteiger charge is 2.23. The van der Waals surface area contributed by atoms with Crippen LogP contribution in [0.4, 0.5) is 5.69 Å². The Morgan fingerprint density at radius 2 is 2.17 bits per heavy atom. The lowest BCUT2D eigenvalue weighted by atomic mass is 10.1. The summed E-state index contributed by atoms with van der Waals surface area (Å²) in [5, 5.41) is 10.6. The summed E-state index contributed by atoms with van der Waals surface area (Å²) >= 11 is 5.70. The van der Waals surface area contributed by atoms with Crippen LogP contribution in [0.15, 0.2) is 18.2 Å². The number of hydrogen-bond acceptors (Lipinski definition) is 5. The molecule has 9 heteroatoms. The third kappa shape index (κ3) is 3.40. The van der Waals surface area contributed by atoms with E-state index in [0.717, 1.165) is 6.07 Å². The van der Waals surface area contributed by atoms with Crippen molar-refractivity contribution in [3.8, 4) is 0 Å². The lowest BCUT2D eigenvalue weighted by Gasteiger charge is -2.06. The van der Waals surface area contributed by atoms with E-state index in [0.29, 0.717) is 0 Å². The van der Waals surface area contributed by atoms with Crippen LogP contribution in [-0.4, -0.2) is 23.3 Å². The highest BCUT2D eigenvalue weighted by atomic mass is 35.5. The summed E-state index contributed by atoms with van der Waals surface area (Å²) in [5.41, 5.74) is 5.79. The second-order valence-electron chi connectivity index (χ2n) is 3.08. The van der Waals surface area contributed by atoms with E-state index in [-0.39, 0.29) is 10.6 Å². The second-order valence-corrected chi connectivity index (χ2v) is 3.48. The van der Waals surface area contributed by atoms with Crippen molar-refractivity contribution in [3.05, 3.63) is 38.9 Å². The Morgan fingerprint density at radius 1 is 1.50 bits per heavy atom. The third-order valence-electron chi connectivity index (χ3n) is 1.79. The van der Waals surface area contributed by atoms with E-state index < -0.39 is 29.0 Å². The van der Waals surface area contributed by atoms with Crippen molar-refractivity contribution in [1.82, 2.24) is 5.48 Å². The summed E-state index contributed by atoms with van der Waals surface area (Å²) in [6, 6.07) is 3.77. The first-order valence-corrected chi connectivity index (χ1v) is 4.94. The van der Waals surface area contributed by atoms with E-state index in [1.165, 1.54) is 12.1 Å². The molecule has 2 amide bonds. The Morgan fingerprint density at radius 3 is 2.72 bits per heavy atom. The predicted octanol–water partition coefficient (Wildman–Crippen LogP) is 0.395. The van der Waals surface area contributed by atoms with Crippen LogP contribution in [0.5, 0.6) is 0 Å². The number of halogens is 1. The molecule has 0 saturated heterocycles.